The SMILES string of the molecule is COc1ccc(NC2=[NH+]CCC(=O)N2Cc2cccs2)cc1. The van der Waals surface area contributed by atoms with Gasteiger partial charge in [-0.3, -0.25) is 9.79 Å². The number of benzene rings is 1. The number of guanidine groups is 1. The number of nitrogens with one attached hydrogen (secondary N) is 2. The number of nitrogens with zero attached hydrogens (tertiary/aromatic N) is 1. The van der Waals surface area contributed by atoms with Gasteiger partial charge in [0.05, 0.1) is 25.8 Å². The Bertz CT molecular complexity index is 665. The Balaban J connectivity index is 1.76. The Labute approximate surface area is 133 Å². The van der Waals surface area contributed by atoms with Crippen molar-refractivity contribution in [3.8, 4) is 5.75 Å². The van der Waals surface area contributed by atoms with Gasteiger partial charge in [-0.15, -0.1) is 11.3 Å². The Morgan fingerprint density at radius 1 is 1.32 bits per heavy atom. The Kier molecular flexibility index (Phi) is 4.39. The summed E-state index contributed by atoms with van der Waals surface area (Å²) in [5, 5.41) is 5.31. The summed E-state index contributed by atoms with van der Waals surface area (Å²) in [7, 11) is 1.64. The highest BCUT2D eigenvalue weighted by Gasteiger charge is 2.30. The molecule has 0 saturated carbocycles. The molecule has 0 atom stereocenters. The van der Waals surface area contributed by atoms with Crippen LogP contribution in [0.3, 0.4) is 0 Å². The number of methoxy groups -OCH3 is 1. The van der Waals surface area contributed by atoms with E-state index in [-0.39, 0.29) is 5.91 Å². The molecule has 1 aliphatic heterocycles. The number of thiophene rings is 1. The molecule has 0 aliphatic carbocycles. The summed E-state index contributed by atoms with van der Waals surface area (Å²) in [5.41, 5.74) is 0.911. The molecule has 2 heterocycles. The summed E-state index contributed by atoms with van der Waals surface area (Å²) < 4.78 is 5.15. The standard InChI is InChI=1S/C16H17N3O2S/c1-21-13-6-4-12(5-7-13)18-16-17-9-8-15(20)19(16)11-14-3-2-10-22-14/h2-7,10H,8-9,11H2,1H3,(H,17,18)/p+1. The molecule has 2 N–H and O–H groups in total. The first-order chi connectivity index (χ1) is 10.8. The number of anilines is 1. The van der Waals surface area contributed by atoms with Crippen LogP contribution in [-0.4, -0.2) is 30.4 Å². The number of rotatable bonds is 4. The largest absolute Gasteiger partial charge is 0.497 e. The second-order valence-electron chi connectivity index (χ2n) is 4.94. The van der Waals surface area contributed by atoms with Gasteiger partial charge in [-0.25, -0.2) is 5.32 Å². The lowest BCUT2D eigenvalue weighted by Gasteiger charge is -2.21. The van der Waals surface area contributed by atoms with Crippen LogP contribution in [0.15, 0.2) is 41.8 Å². The fourth-order valence-electron chi connectivity index (χ4n) is 2.29. The van der Waals surface area contributed by atoms with E-state index in [1.54, 1.807) is 23.3 Å². The van der Waals surface area contributed by atoms with Crippen LogP contribution in [0.4, 0.5) is 5.69 Å². The van der Waals surface area contributed by atoms with Gasteiger partial charge in [-0.05, 0) is 35.7 Å². The minimum absolute atomic E-state index is 0.128. The molecule has 3 rings (SSSR count). The zero-order valence-corrected chi connectivity index (χ0v) is 13.2. The maximum absolute atomic E-state index is 12.2. The molecule has 0 radical (unpaired) electrons. The van der Waals surface area contributed by atoms with Crippen LogP contribution in [0.25, 0.3) is 0 Å². The summed E-state index contributed by atoms with van der Waals surface area (Å²) in [6.45, 7) is 1.24. The van der Waals surface area contributed by atoms with Crippen molar-refractivity contribution in [3.05, 3.63) is 46.7 Å². The van der Waals surface area contributed by atoms with Crippen LogP contribution < -0.4 is 15.0 Å². The molecule has 1 aliphatic rings. The lowest BCUT2D eigenvalue weighted by atomic mass is 10.3. The van der Waals surface area contributed by atoms with Gasteiger partial charge in [0.2, 0.25) is 0 Å². The van der Waals surface area contributed by atoms with Crippen LogP contribution in [0, 0.1) is 0 Å². The third-order valence-electron chi connectivity index (χ3n) is 3.45. The summed E-state index contributed by atoms with van der Waals surface area (Å²) in [4.78, 5) is 18.4. The van der Waals surface area contributed by atoms with E-state index >= 15 is 0 Å². The van der Waals surface area contributed by atoms with Crippen molar-refractivity contribution < 1.29 is 14.5 Å². The lowest BCUT2D eigenvalue weighted by molar-refractivity contribution is -0.465. The highest BCUT2D eigenvalue weighted by molar-refractivity contribution is 7.09. The van der Waals surface area contributed by atoms with E-state index in [0.717, 1.165) is 22.3 Å². The van der Waals surface area contributed by atoms with Crippen molar-refractivity contribution in [1.82, 2.24) is 4.90 Å². The van der Waals surface area contributed by atoms with Crippen LogP contribution >= 0.6 is 11.3 Å². The molecule has 114 valence electrons. The molecule has 6 heteroatoms. The second kappa shape index (κ2) is 6.62. The average Bonchev–Trinajstić information content (AvgIpc) is 3.05. The van der Waals surface area contributed by atoms with Gasteiger partial charge in [-0.1, -0.05) is 6.07 Å². The van der Waals surface area contributed by atoms with Crippen LogP contribution in [0.5, 0.6) is 5.75 Å². The third-order valence-corrected chi connectivity index (χ3v) is 4.31. The average molecular weight is 316 g/mol. The quantitative estimate of drug-likeness (QED) is 0.886. The predicted molar refractivity (Wildman–Crippen MR) is 86.9 cm³/mol. The zero-order chi connectivity index (χ0) is 15.4. The highest BCUT2D eigenvalue weighted by atomic mass is 32.1. The van der Waals surface area contributed by atoms with Gasteiger partial charge < -0.3 is 4.74 Å². The maximum Gasteiger partial charge on any atom is 0.358 e. The number of hydrogen-bond acceptors (Lipinski definition) is 4. The Morgan fingerprint density at radius 2 is 2.14 bits per heavy atom. The Hall–Kier alpha value is -2.34. The van der Waals surface area contributed by atoms with Gasteiger partial charge in [0.25, 0.3) is 5.91 Å². The number of hydrogen-bond donors (Lipinski definition) is 2. The molecule has 0 unspecified atom stereocenters. The molecule has 0 bridgehead atoms. The van der Waals surface area contributed by atoms with Crippen molar-refractivity contribution in [2.45, 2.75) is 13.0 Å². The fourth-order valence-corrected chi connectivity index (χ4v) is 2.98. The van der Waals surface area contributed by atoms with Crippen molar-refractivity contribution in [1.29, 1.82) is 0 Å². The molecular weight excluding hydrogens is 298 g/mol. The van der Waals surface area contributed by atoms with Crippen LogP contribution in [0.1, 0.15) is 11.3 Å². The summed E-state index contributed by atoms with van der Waals surface area (Å²) in [5.74, 6) is 1.66. The molecule has 0 spiro atoms. The first-order valence-corrected chi connectivity index (χ1v) is 7.99. The van der Waals surface area contributed by atoms with Gasteiger partial charge in [0.1, 0.15) is 12.3 Å². The number of carbonyl (C=O) groups is 1. The molecule has 5 nitrogen and oxygen atoms in total. The summed E-state index contributed by atoms with van der Waals surface area (Å²) in [6, 6.07) is 11.7. The number of amides is 1. The van der Waals surface area contributed by atoms with Gasteiger partial charge in [0, 0.05) is 4.88 Å². The minimum Gasteiger partial charge on any atom is -0.497 e. The molecule has 1 aromatic heterocycles. The van der Waals surface area contributed by atoms with Crippen molar-refractivity contribution in [2.75, 3.05) is 19.0 Å². The molecule has 0 fully saturated rings. The molecule has 0 saturated heterocycles. The monoisotopic (exact) mass is 316 g/mol. The van der Waals surface area contributed by atoms with E-state index in [9.17, 15) is 4.79 Å². The highest BCUT2D eigenvalue weighted by Crippen LogP contribution is 2.17. The second-order valence-corrected chi connectivity index (χ2v) is 5.97. The Morgan fingerprint density at radius 3 is 2.82 bits per heavy atom. The van der Waals surface area contributed by atoms with E-state index in [2.05, 4.69) is 10.3 Å². The summed E-state index contributed by atoms with van der Waals surface area (Å²) in [6.07, 6.45) is 0.513. The van der Waals surface area contributed by atoms with Crippen molar-refractivity contribution >= 4 is 28.9 Å². The van der Waals surface area contributed by atoms with E-state index in [4.69, 9.17) is 4.74 Å². The van der Waals surface area contributed by atoms with E-state index in [1.165, 1.54) is 0 Å². The molecule has 1 amide bonds. The third kappa shape index (κ3) is 3.28. The first-order valence-electron chi connectivity index (χ1n) is 7.11. The zero-order valence-electron chi connectivity index (χ0n) is 12.3. The van der Waals surface area contributed by atoms with Crippen LogP contribution in [-0.2, 0) is 11.3 Å². The smallest absolute Gasteiger partial charge is 0.358 e. The van der Waals surface area contributed by atoms with E-state index in [1.807, 2.05) is 41.8 Å². The van der Waals surface area contributed by atoms with Crippen LogP contribution in [0.2, 0.25) is 0 Å². The fraction of sp³-hybridized carbons (Fsp3) is 0.250. The van der Waals surface area contributed by atoms with Crippen molar-refractivity contribution in [2.24, 2.45) is 0 Å². The van der Waals surface area contributed by atoms with Gasteiger partial charge in [-0.2, -0.15) is 4.90 Å². The topological polar surface area (TPSA) is 55.5 Å². The molecule has 22 heavy (non-hydrogen) atoms. The maximum atomic E-state index is 12.2. The molecular formula is C16H18N3O2S+. The van der Waals surface area contributed by atoms with E-state index < -0.39 is 0 Å². The van der Waals surface area contributed by atoms with Gasteiger partial charge >= 0.3 is 5.96 Å². The summed E-state index contributed by atoms with van der Waals surface area (Å²) >= 11 is 1.65. The number of ether oxygens (including phenoxy) is 1. The normalized spacial score (nSPS) is 14.7. The molecule has 2 aromatic rings. The van der Waals surface area contributed by atoms with Crippen molar-refractivity contribution in [3.63, 3.8) is 0 Å². The first kappa shape index (κ1) is 14.6. The van der Waals surface area contributed by atoms with Gasteiger partial charge in [0.15, 0.2) is 0 Å². The van der Waals surface area contributed by atoms with E-state index in [0.29, 0.717) is 19.5 Å². The lowest BCUT2D eigenvalue weighted by Crippen LogP contribution is -2.82. The minimum atomic E-state index is 0.128. The predicted octanol–water partition coefficient (Wildman–Crippen LogP) is 1.04. The molecule has 1 aromatic carbocycles. The number of carbonyl (C=O) groups excluding carboxylic acids is 1.